The van der Waals surface area contributed by atoms with Crippen LogP contribution in [0.3, 0.4) is 0 Å². The topological polar surface area (TPSA) is 56.0 Å². The Morgan fingerprint density at radius 1 is 0.447 bits per heavy atom. The summed E-state index contributed by atoms with van der Waals surface area (Å²) < 4.78 is 1.91. The zero-order valence-electron chi connectivity index (χ0n) is 25.3. The van der Waals surface area contributed by atoms with E-state index in [0.717, 1.165) is 72.3 Å². The predicted octanol–water partition coefficient (Wildman–Crippen LogP) is 10.2. The van der Waals surface area contributed by atoms with Crippen LogP contribution in [0.4, 0.5) is 0 Å². The summed E-state index contributed by atoms with van der Waals surface area (Å²) in [5.74, 6) is 0.672. The van der Waals surface area contributed by atoms with Gasteiger partial charge in [-0.1, -0.05) is 127 Å². The summed E-state index contributed by atoms with van der Waals surface area (Å²) in [6.07, 6.45) is 3.99. The Hall–Kier alpha value is -6.46. The molecule has 0 saturated heterocycles. The highest BCUT2D eigenvalue weighted by Gasteiger charge is 2.16. The van der Waals surface area contributed by atoms with Gasteiger partial charge in [-0.2, -0.15) is 0 Å². The van der Waals surface area contributed by atoms with E-state index in [4.69, 9.17) is 20.1 Å². The molecule has 0 spiro atoms. The van der Waals surface area contributed by atoms with E-state index in [9.17, 15) is 0 Å². The Kier molecular flexibility index (Phi) is 6.39. The molecular formula is C42H27N5. The van der Waals surface area contributed by atoms with E-state index in [-0.39, 0.29) is 0 Å². The van der Waals surface area contributed by atoms with E-state index in [2.05, 4.69) is 140 Å². The number of rotatable bonds is 5. The third-order valence-corrected chi connectivity index (χ3v) is 8.69. The molecule has 9 aromatic rings. The summed E-state index contributed by atoms with van der Waals surface area (Å²) in [5, 5.41) is 8.40. The standard InChI is InChI=1S/C42H27N5/c1-3-12-28(13-4-1)33-25-37(29-14-5-2-6-15-29)42-45-41(46-47(42)27-33)31-17-11-16-30(24-31)32-22-23-39(43-26-32)40-36-20-8-7-18-34(36)35-19-9-10-21-38(35)44-40/h1-27H. The lowest BCUT2D eigenvalue weighted by Crippen LogP contribution is -1.93. The maximum atomic E-state index is 5.06. The molecular weight excluding hydrogens is 574 g/mol. The molecule has 0 atom stereocenters. The molecule has 9 rings (SSSR count). The fraction of sp³-hybridized carbons (Fsp3) is 0. The van der Waals surface area contributed by atoms with Gasteiger partial charge in [-0.05, 0) is 46.3 Å². The van der Waals surface area contributed by atoms with Crippen LogP contribution in [-0.4, -0.2) is 24.6 Å². The van der Waals surface area contributed by atoms with Gasteiger partial charge in [0.05, 0.1) is 16.9 Å². The maximum absolute atomic E-state index is 5.06. The number of benzene rings is 5. The third-order valence-electron chi connectivity index (χ3n) is 8.69. The minimum absolute atomic E-state index is 0.672. The number of nitrogens with zero attached hydrogens (tertiary/aromatic N) is 5. The van der Waals surface area contributed by atoms with Crippen LogP contribution in [0.25, 0.3) is 83.5 Å². The van der Waals surface area contributed by atoms with Crippen molar-refractivity contribution in [1.29, 1.82) is 0 Å². The monoisotopic (exact) mass is 601 g/mol. The van der Waals surface area contributed by atoms with Crippen molar-refractivity contribution < 1.29 is 0 Å². The van der Waals surface area contributed by atoms with Crippen molar-refractivity contribution in [3.05, 3.63) is 164 Å². The van der Waals surface area contributed by atoms with E-state index in [1.54, 1.807) is 0 Å². The zero-order chi connectivity index (χ0) is 31.2. The molecule has 0 aliphatic carbocycles. The number of hydrogen-bond donors (Lipinski definition) is 0. The van der Waals surface area contributed by atoms with Crippen LogP contribution in [0.15, 0.2) is 164 Å². The summed E-state index contributed by atoms with van der Waals surface area (Å²) in [7, 11) is 0. The Balaban J connectivity index is 1.11. The third kappa shape index (κ3) is 4.82. The lowest BCUT2D eigenvalue weighted by Gasteiger charge is -2.10. The predicted molar refractivity (Wildman–Crippen MR) is 191 cm³/mol. The molecule has 4 heterocycles. The minimum atomic E-state index is 0.672. The first-order valence-electron chi connectivity index (χ1n) is 15.6. The quantitative estimate of drug-likeness (QED) is 0.184. The van der Waals surface area contributed by atoms with Gasteiger partial charge in [-0.3, -0.25) is 4.98 Å². The summed E-state index contributed by atoms with van der Waals surface area (Å²) in [4.78, 5) is 15.0. The molecule has 0 bridgehead atoms. The van der Waals surface area contributed by atoms with Crippen LogP contribution >= 0.6 is 0 Å². The van der Waals surface area contributed by atoms with Crippen LogP contribution in [0.2, 0.25) is 0 Å². The Labute approximate surface area is 271 Å². The molecule has 0 aliphatic heterocycles. The molecule has 0 aliphatic rings. The summed E-state index contributed by atoms with van der Waals surface area (Å²) in [5.41, 5.74) is 10.9. The first-order chi connectivity index (χ1) is 23.3. The zero-order valence-corrected chi connectivity index (χ0v) is 25.3. The molecule has 0 N–H and O–H groups in total. The summed E-state index contributed by atoms with van der Waals surface area (Å²) in [6.45, 7) is 0. The van der Waals surface area contributed by atoms with Crippen molar-refractivity contribution in [3.63, 3.8) is 0 Å². The first kappa shape index (κ1) is 26.9. The maximum Gasteiger partial charge on any atom is 0.182 e. The second-order valence-corrected chi connectivity index (χ2v) is 11.6. The van der Waals surface area contributed by atoms with Crippen LogP contribution in [0.1, 0.15) is 0 Å². The number of para-hydroxylation sites is 1. The van der Waals surface area contributed by atoms with Gasteiger partial charge in [0, 0.05) is 45.4 Å². The van der Waals surface area contributed by atoms with E-state index >= 15 is 0 Å². The van der Waals surface area contributed by atoms with Gasteiger partial charge in [0.25, 0.3) is 0 Å². The average Bonchev–Trinajstić information content (AvgIpc) is 3.60. The van der Waals surface area contributed by atoms with Crippen molar-refractivity contribution in [1.82, 2.24) is 24.6 Å². The molecule has 0 amide bonds. The van der Waals surface area contributed by atoms with Crippen molar-refractivity contribution in [2.24, 2.45) is 0 Å². The molecule has 5 heteroatoms. The second kappa shape index (κ2) is 11.2. The molecule has 5 aromatic carbocycles. The largest absolute Gasteiger partial charge is 0.254 e. The van der Waals surface area contributed by atoms with E-state index < -0.39 is 0 Å². The van der Waals surface area contributed by atoms with Crippen molar-refractivity contribution in [2.75, 3.05) is 0 Å². The summed E-state index contributed by atoms with van der Waals surface area (Å²) in [6, 6.07) is 52.2. The van der Waals surface area contributed by atoms with Gasteiger partial charge in [0.2, 0.25) is 0 Å². The fourth-order valence-electron chi connectivity index (χ4n) is 6.37. The lowest BCUT2D eigenvalue weighted by molar-refractivity contribution is 0.968. The van der Waals surface area contributed by atoms with E-state index in [0.29, 0.717) is 5.82 Å². The van der Waals surface area contributed by atoms with Crippen LogP contribution in [0.5, 0.6) is 0 Å². The van der Waals surface area contributed by atoms with E-state index in [1.165, 1.54) is 5.39 Å². The van der Waals surface area contributed by atoms with Gasteiger partial charge in [0.15, 0.2) is 11.5 Å². The average molecular weight is 602 g/mol. The van der Waals surface area contributed by atoms with Gasteiger partial charge in [0.1, 0.15) is 0 Å². The first-order valence-corrected chi connectivity index (χ1v) is 15.6. The fourth-order valence-corrected chi connectivity index (χ4v) is 6.37. The molecule has 0 saturated carbocycles. The number of aromatic nitrogens is 5. The Bertz CT molecular complexity index is 2550. The van der Waals surface area contributed by atoms with Crippen LogP contribution < -0.4 is 0 Å². The van der Waals surface area contributed by atoms with Crippen molar-refractivity contribution in [3.8, 4) is 56.2 Å². The molecule has 47 heavy (non-hydrogen) atoms. The Morgan fingerprint density at radius 3 is 1.91 bits per heavy atom. The van der Waals surface area contributed by atoms with Gasteiger partial charge in [-0.25, -0.2) is 14.5 Å². The molecule has 0 fully saturated rings. The Morgan fingerprint density at radius 2 is 1.13 bits per heavy atom. The van der Waals surface area contributed by atoms with E-state index in [1.807, 2.05) is 28.9 Å². The van der Waals surface area contributed by atoms with Gasteiger partial charge < -0.3 is 0 Å². The highest BCUT2D eigenvalue weighted by Crippen LogP contribution is 2.34. The number of hydrogen-bond acceptors (Lipinski definition) is 4. The second-order valence-electron chi connectivity index (χ2n) is 11.6. The van der Waals surface area contributed by atoms with Gasteiger partial charge >= 0.3 is 0 Å². The molecule has 220 valence electrons. The van der Waals surface area contributed by atoms with Crippen LogP contribution in [0, 0.1) is 0 Å². The van der Waals surface area contributed by atoms with Crippen molar-refractivity contribution >= 4 is 27.3 Å². The SMILES string of the molecule is c1ccc(-c2cc(-c3ccccc3)c3nc(-c4cccc(-c5ccc(-c6nc7ccccc7c7ccccc67)nc5)c4)nn3c2)cc1. The van der Waals surface area contributed by atoms with Gasteiger partial charge in [-0.15, -0.1) is 5.10 Å². The summed E-state index contributed by atoms with van der Waals surface area (Å²) >= 11 is 0. The molecule has 0 radical (unpaired) electrons. The van der Waals surface area contributed by atoms with Crippen molar-refractivity contribution in [2.45, 2.75) is 0 Å². The highest BCUT2D eigenvalue weighted by atomic mass is 15.3. The minimum Gasteiger partial charge on any atom is -0.254 e. The molecule has 4 aromatic heterocycles. The lowest BCUT2D eigenvalue weighted by atomic mass is 10.0. The normalized spacial score (nSPS) is 11.4. The van der Waals surface area contributed by atoms with Crippen LogP contribution in [-0.2, 0) is 0 Å². The highest BCUT2D eigenvalue weighted by molar-refractivity contribution is 6.10. The number of pyridine rings is 3. The molecule has 0 unspecified atom stereocenters. The number of fused-ring (bicyclic) bond motifs is 4. The molecule has 5 nitrogen and oxygen atoms in total. The smallest absolute Gasteiger partial charge is 0.182 e.